The van der Waals surface area contributed by atoms with Gasteiger partial charge in [-0.25, -0.2) is 23.7 Å². The van der Waals surface area contributed by atoms with Crippen LogP contribution in [0.3, 0.4) is 0 Å². The average Bonchev–Trinajstić information content (AvgIpc) is 3.67. The largest absolute Gasteiger partial charge is 0.494 e. The summed E-state index contributed by atoms with van der Waals surface area (Å²) in [5, 5.41) is 0.337. The fourth-order valence-corrected chi connectivity index (χ4v) is 3.59. The number of ether oxygens (including phenoxy) is 1. The second-order valence-electron chi connectivity index (χ2n) is 7.60. The lowest BCUT2D eigenvalue weighted by atomic mass is 9.97. The lowest BCUT2D eigenvalue weighted by molar-refractivity contribution is 0.146. The highest BCUT2D eigenvalue weighted by atomic mass is 32.2. The first-order valence-corrected chi connectivity index (χ1v) is 11.3. The lowest BCUT2D eigenvalue weighted by Crippen LogP contribution is -1.98. The van der Waals surface area contributed by atoms with E-state index in [4.69, 9.17) is 4.74 Å². The number of halogens is 2. The Morgan fingerprint density at radius 1 is 1.21 bits per heavy atom. The molecule has 2 aromatic heterocycles. The van der Waals surface area contributed by atoms with Gasteiger partial charge >= 0.3 is 0 Å². The Labute approximate surface area is 199 Å². The molecule has 0 saturated heterocycles. The van der Waals surface area contributed by atoms with Crippen LogP contribution in [0, 0.1) is 24.7 Å². The van der Waals surface area contributed by atoms with Crippen LogP contribution in [0.2, 0.25) is 0 Å². The standard InChI is InChI=1S/C25H20F2N4O2S/c1-15-3-7-17(19(9-15)20-10-21(23(26)27)28-13-22(20)33-2)11-29-24-25(34-14-32)31-18(12-30-24)8-6-16-4-5-16/h3,7,9-14,16,23H,4-5H2,1-2H3. The van der Waals surface area contributed by atoms with Crippen LogP contribution in [0.1, 0.15) is 41.8 Å². The zero-order chi connectivity index (χ0) is 24.1. The number of methoxy groups -OCH3 is 1. The molecule has 9 heteroatoms. The minimum Gasteiger partial charge on any atom is -0.494 e. The summed E-state index contributed by atoms with van der Waals surface area (Å²) in [6.07, 6.45) is 3.84. The minimum atomic E-state index is -2.72. The molecular formula is C25H20F2N4O2S. The number of rotatable bonds is 7. The van der Waals surface area contributed by atoms with Crippen molar-refractivity contribution in [1.29, 1.82) is 0 Å². The number of pyridine rings is 1. The third kappa shape index (κ3) is 5.64. The zero-order valence-electron chi connectivity index (χ0n) is 18.5. The molecule has 34 heavy (non-hydrogen) atoms. The van der Waals surface area contributed by atoms with Gasteiger partial charge in [-0.05, 0) is 49.1 Å². The van der Waals surface area contributed by atoms with Crippen molar-refractivity contribution in [3.8, 4) is 28.7 Å². The summed E-state index contributed by atoms with van der Waals surface area (Å²) in [7, 11) is 1.46. The number of aliphatic imine (C=N–C) groups is 1. The summed E-state index contributed by atoms with van der Waals surface area (Å²) < 4.78 is 32.0. The van der Waals surface area contributed by atoms with Gasteiger partial charge in [0.15, 0.2) is 11.4 Å². The Morgan fingerprint density at radius 2 is 2.03 bits per heavy atom. The molecule has 2 heterocycles. The third-order valence-electron chi connectivity index (χ3n) is 5.02. The summed E-state index contributed by atoms with van der Waals surface area (Å²) in [4.78, 5) is 28.1. The first-order chi connectivity index (χ1) is 16.5. The molecule has 1 aliphatic rings. The lowest BCUT2D eigenvalue weighted by Gasteiger charge is -2.13. The monoisotopic (exact) mass is 478 g/mol. The fraction of sp³-hybridized carbons (Fsp3) is 0.240. The van der Waals surface area contributed by atoms with Gasteiger partial charge in [-0.3, -0.25) is 9.78 Å². The number of aryl methyl sites for hydroxylation is 1. The summed E-state index contributed by atoms with van der Waals surface area (Å²) in [6, 6.07) is 6.88. The summed E-state index contributed by atoms with van der Waals surface area (Å²) in [5.74, 6) is 7.13. The number of benzene rings is 1. The number of aromatic nitrogens is 3. The molecule has 0 spiro atoms. The predicted molar refractivity (Wildman–Crippen MR) is 127 cm³/mol. The molecule has 1 fully saturated rings. The van der Waals surface area contributed by atoms with Crippen LogP contribution in [0.25, 0.3) is 11.1 Å². The highest BCUT2D eigenvalue weighted by Crippen LogP contribution is 2.35. The van der Waals surface area contributed by atoms with Gasteiger partial charge in [0.2, 0.25) is 0 Å². The highest BCUT2D eigenvalue weighted by Gasteiger charge is 2.18. The van der Waals surface area contributed by atoms with Crippen molar-refractivity contribution in [2.75, 3.05) is 7.11 Å². The molecule has 0 aliphatic heterocycles. The number of nitrogens with zero attached hydrogens (tertiary/aromatic N) is 4. The molecule has 4 rings (SSSR count). The van der Waals surface area contributed by atoms with E-state index in [1.807, 2.05) is 25.1 Å². The fourth-order valence-electron chi connectivity index (χ4n) is 3.14. The van der Waals surface area contributed by atoms with Gasteiger partial charge in [0.05, 0.1) is 19.5 Å². The maximum atomic E-state index is 13.3. The molecule has 172 valence electrons. The Morgan fingerprint density at radius 3 is 2.74 bits per heavy atom. The van der Waals surface area contributed by atoms with Gasteiger partial charge in [0.1, 0.15) is 22.2 Å². The van der Waals surface area contributed by atoms with Crippen LogP contribution in [-0.4, -0.2) is 33.9 Å². The van der Waals surface area contributed by atoms with E-state index in [1.54, 1.807) is 6.21 Å². The Bertz CT molecular complexity index is 1310. The average molecular weight is 479 g/mol. The molecular weight excluding hydrogens is 458 g/mol. The number of hydrogen-bond donors (Lipinski definition) is 0. The Kier molecular flexibility index (Phi) is 7.28. The molecule has 1 aromatic carbocycles. The van der Waals surface area contributed by atoms with Crippen LogP contribution in [0.4, 0.5) is 14.6 Å². The van der Waals surface area contributed by atoms with Crippen molar-refractivity contribution in [1.82, 2.24) is 15.0 Å². The van der Waals surface area contributed by atoms with Crippen molar-refractivity contribution in [3.05, 3.63) is 59.2 Å². The number of carbonyl (C=O) groups excluding carboxylic acids is 1. The van der Waals surface area contributed by atoms with Crippen molar-refractivity contribution >= 4 is 29.4 Å². The van der Waals surface area contributed by atoms with Crippen molar-refractivity contribution in [2.24, 2.45) is 10.9 Å². The molecule has 0 bridgehead atoms. The van der Waals surface area contributed by atoms with E-state index < -0.39 is 6.43 Å². The van der Waals surface area contributed by atoms with Crippen LogP contribution in [0.5, 0.6) is 5.75 Å². The number of alkyl halides is 2. The van der Waals surface area contributed by atoms with Gasteiger partial charge in [-0.1, -0.05) is 29.7 Å². The first-order valence-electron chi connectivity index (χ1n) is 10.4. The van der Waals surface area contributed by atoms with E-state index >= 15 is 0 Å². The summed E-state index contributed by atoms with van der Waals surface area (Å²) >= 11 is 0.868. The third-order valence-corrected chi connectivity index (χ3v) is 5.61. The predicted octanol–water partition coefficient (Wildman–Crippen LogP) is 5.59. The number of thioether (sulfide) groups is 1. The first kappa shape index (κ1) is 23.5. The molecule has 3 aromatic rings. The SMILES string of the molecule is COc1cnc(C(F)F)cc1-c1cc(C)ccc1C=Nc1ncc(C#CC2CC2)nc1SC=O. The smallest absolute Gasteiger partial charge is 0.280 e. The van der Waals surface area contributed by atoms with E-state index in [-0.39, 0.29) is 11.5 Å². The molecule has 0 radical (unpaired) electrons. The number of hydrogen-bond acceptors (Lipinski definition) is 7. The Hall–Kier alpha value is -3.64. The van der Waals surface area contributed by atoms with Crippen LogP contribution in [-0.2, 0) is 4.79 Å². The van der Waals surface area contributed by atoms with Gasteiger partial charge in [0.25, 0.3) is 6.43 Å². The van der Waals surface area contributed by atoms with Crippen LogP contribution in [0.15, 0.2) is 46.7 Å². The second-order valence-corrected chi connectivity index (χ2v) is 8.42. The molecule has 6 nitrogen and oxygen atoms in total. The van der Waals surface area contributed by atoms with Gasteiger partial charge in [0, 0.05) is 23.3 Å². The highest BCUT2D eigenvalue weighted by molar-refractivity contribution is 8.11. The van der Waals surface area contributed by atoms with E-state index in [0.717, 1.165) is 30.2 Å². The van der Waals surface area contributed by atoms with E-state index in [0.29, 0.717) is 44.7 Å². The molecule has 0 atom stereocenters. The molecule has 0 unspecified atom stereocenters. The maximum Gasteiger partial charge on any atom is 0.280 e. The van der Waals surface area contributed by atoms with Crippen LogP contribution >= 0.6 is 11.8 Å². The van der Waals surface area contributed by atoms with Crippen molar-refractivity contribution in [3.63, 3.8) is 0 Å². The topological polar surface area (TPSA) is 77.3 Å². The molecule has 0 N–H and O–H groups in total. The minimum absolute atomic E-state index is 0.260. The van der Waals surface area contributed by atoms with E-state index in [1.165, 1.54) is 25.6 Å². The molecule has 0 amide bonds. The van der Waals surface area contributed by atoms with Crippen molar-refractivity contribution in [2.45, 2.75) is 31.2 Å². The van der Waals surface area contributed by atoms with Gasteiger partial charge < -0.3 is 4.74 Å². The quantitative estimate of drug-likeness (QED) is 0.191. The molecule has 1 aliphatic carbocycles. The summed E-state index contributed by atoms with van der Waals surface area (Å²) in [5.41, 5.74) is 3.49. The molecule has 1 saturated carbocycles. The van der Waals surface area contributed by atoms with E-state index in [9.17, 15) is 13.6 Å². The van der Waals surface area contributed by atoms with Crippen LogP contribution < -0.4 is 4.74 Å². The number of carbonyl (C=O) groups is 1. The zero-order valence-corrected chi connectivity index (χ0v) is 19.3. The van der Waals surface area contributed by atoms with Gasteiger partial charge in [-0.15, -0.1) is 0 Å². The van der Waals surface area contributed by atoms with Crippen molar-refractivity contribution < 1.29 is 18.3 Å². The maximum absolute atomic E-state index is 13.3. The normalized spacial score (nSPS) is 13.1. The Balaban J connectivity index is 1.73. The summed E-state index contributed by atoms with van der Waals surface area (Å²) in [6.45, 7) is 1.90. The second kappa shape index (κ2) is 10.5. The van der Waals surface area contributed by atoms with Gasteiger partial charge in [-0.2, -0.15) is 0 Å². The van der Waals surface area contributed by atoms with E-state index in [2.05, 4.69) is 31.8 Å².